The van der Waals surface area contributed by atoms with Crippen molar-refractivity contribution in [2.75, 3.05) is 25.0 Å². The first-order valence-electron chi connectivity index (χ1n) is 7.36. The van der Waals surface area contributed by atoms with Gasteiger partial charge in [0.2, 0.25) is 0 Å². The van der Waals surface area contributed by atoms with Crippen LogP contribution in [0.1, 0.15) is 20.8 Å². The van der Waals surface area contributed by atoms with Crippen molar-refractivity contribution in [1.29, 1.82) is 5.26 Å². The number of hydrogen-bond donors (Lipinski definition) is 1. The Balaban J connectivity index is 1.74. The van der Waals surface area contributed by atoms with Gasteiger partial charge in [-0.25, -0.2) is 9.78 Å². The van der Waals surface area contributed by atoms with Crippen molar-refractivity contribution >= 4 is 28.4 Å². The number of amides is 3. The van der Waals surface area contributed by atoms with Crippen LogP contribution in [0, 0.1) is 11.3 Å². The number of carbonyl (C=O) groups excluding carboxylic acids is 2. The topological polar surface area (TPSA) is 89.3 Å². The third-order valence-corrected chi connectivity index (χ3v) is 4.79. The minimum atomic E-state index is -0.217. The molecule has 122 valence electrons. The molecular formula is C16H15N5O2S. The van der Waals surface area contributed by atoms with Crippen molar-refractivity contribution in [2.24, 2.45) is 0 Å². The molecule has 1 aromatic heterocycles. The van der Waals surface area contributed by atoms with E-state index in [0.29, 0.717) is 35.2 Å². The van der Waals surface area contributed by atoms with Gasteiger partial charge >= 0.3 is 6.03 Å². The van der Waals surface area contributed by atoms with E-state index in [1.165, 1.54) is 17.5 Å². The summed E-state index contributed by atoms with van der Waals surface area (Å²) in [7, 11) is 1.55. The Morgan fingerprint density at radius 3 is 2.96 bits per heavy atom. The van der Waals surface area contributed by atoms with E-state index in [1.54, 1.807) is 29.0 Å². The van der Waals surface area contributed by atoms with Crippen LogP contribution in [0.4, 0.5) is 9.93 Å². The molecule has 2 aromatic rings. The van der Waals surface area contributed by atoms with Gasteiger partial charge in [-0.3, -0.25) is 9.69 Å². The number of aromatic nitrogens is 1. The molecular weight excluding hydrogens is 326 g/mol. The summed E-state index contributed by atoms with van der Waals surface area (Å²) in [5.41, 5.74) is 1.39. The molecule has 3 amide bonds. The summed E-state index contributed by atoms with van der Waals surface area (Å²) in [6, 6.07) is 9.22. The first-order chi connectivity index (χ1) is 11.6. The summed E-state index contributed by atoms with van der Waals surface area (Å²) in [6.07, 6.45) is 1.47. The highest BCUT2D eigenvalue weighted by Gasteiger charge is 2.32. The van der Waals surface area contributed by atoms with Crippen molar-refractivity contribution in [1.82, 2.24) is 15.2 Å². The Hall–Kier alpha value is -2.92. The van der Waals surface area contributed by atoms with Crippen LogP contribution in [0.25, 0.3) is 0 Å². The molecule has 3 rings (SSSR count). The molecule has 0 aliphatic carbocycles. The monoisotopic (exact) mass is 341 g/mol. The molecule has 1 aromatic carbocycles. The van der Waals surface area contributed by atoms with Gasteiger partial charge in [-0.15, -0.1) is 0 Å². The summed E-state index contributed by atoms with van der Waals surface area (Å²) in [4.78, 5) is 32.1. The number of nitrogens with zero attached hydrogens (tertiary/aromatic N) is 4. The maximum Gasteiger partial charge on any atom is 0.326 e. The Bertz CT molecular complexity index is 826. The van der Waals surface area contributed by atoms with Gasteiger partial charge in [0.1, 0.15) is 4.88 Å². The van der Waals surface area contributed by atoms with Crippen molar-refractivity contribution < 1.29 is 9.59 Å². The third-order valence-electron chi connectivity index (χ3n) is 3.77. The molecule has 0 saturated carbocycles. The minimum absolute atomic E-state index is 0.166. The Kier molecular flexibility index (Phi) is 4.44. The van der Waals surface area contributed by atoms with Crippen LogP contribution < -0.4 is 10.2 Å². The lowest BCUT2D eigenvalue weighted by Gasteiger charge is -2.17. The van der Waals surface area contributed by atoms with Crippen LogP contribution in [-0.2, 0) is 6.54 Å². The van der Waals surface area contributed by atoms with Crippen LogP contribution >= 0.6 is 11.3 Å². The van der Waals surface area contributed by atoms with Crippen LogP contribution in [0.3, 0.4) is 0 Å². The molecule has 8 heteroatoms. The quantitative estimate of drug-likeness (QED) is 0.918. The van der Waals surface area contributed by atoms with Gasteiger partial charge in [0.25, 0.3) is 5.91 Å². The summed E-state index contributed by atoms with van der Waals surface area (Å²) in [6.45, 7) is 1.44. The molecule has 2 heterocycles. The van der Waals surface area contributed by atoms with Crippen LogP contribution in [-0.4, -0.2) is 42.0 Å². The maximum absolute atomic E-state index is 12.6. The largest absolute Gasteiger partial charge is 0.354 e. The molecule has 0 atom stereocenters. The van der Waals surface area contributed by atoms with Crippen molar-refractivity contribution in [3.8, 4) is 6.07 Å². The second-order valence-electron chi connectivity index (χ2n) is 5.21. The number of carbonyl (C=O) groups is 2. The van der Waals surface area contributed by atoms with Gasteiger partial charge in [-0.2, -0.15) is 5.26 Å². The zero-order valence-electron chi connectivity index (χ0n) is 13.0. The molecule has 1 saturated heterocycles. The number of thiazole rings is 1. The number of anilines is 1. The number of rotatable bonds is 4. The van der Waals surface area contributed by atoms with Gasteiger partial charge < -0.3 is 10.2 Å². The lowest BCUT2D eigenvalue weighted by Crippen LogP contribution is -2.31. The molecule has 0 spiro atoms. The fraction of sp³-hybridized carbons (Fsp3) is 0.250. The highest BCUT2D eigenvalue weighted by Crippen LogP contribution is 2.27. The highest BCUT2D eigenvalue weighted by atomic mass is 32.1. The minimum Gasteiger partial charge on any atom is -0.354 e. The van der Waals surface area contributed by atoms with E-state index >= 15 is 0 Å². The van der Waals surface area contributed by atoms with Crippen molar-refractivity contribution in [3.05, 3.63) is 46.5 Å². The van der Waals surface area contributed by atoms with E-state index in [0.717, 1.165) is 5.56 Å². The first kappa shape index (κ1) is 16.0. The van der Waals surface area contributed by atoms with Crippen LogP contribution in [0.15, 0.2) is 30.5 Å². The average Bonchev–Trinajstić information content (AvgIpc) is 3.22. The van der Waals surface area contributed by atoms with Crippen molar-refractivity contribution in [2.45, 2.75) is 6.54 Å². The number of urea groups is 1. The standard InChI is InChI=1S/C16H15N5O2S/c1-18-14(22)13-9-19-15(24-13)21-7-6-20(16(21)23)10-12-5-3-2-4-11(12)8-17/h2-5,9H,6-7,10H2,1H3,(H,18,22). The number of benzene rings is 1. The zero-order chi connectivity index (χ0) is 17.1. The van der Waals surface area contributed by atoms with E-state index in [1.807, 2.05) is 12.1 Å². The molecule has 7 nitrogen and oxygen atoms in total. The predicted molar refractivity (Wildman–Crippen MR) is 89.8 cm³/mol. The summed E-state index contributed by atoms with van der Waals surface area (Å²) < 4.78 is 0. The van der Waals surface area contributed by atoms with Gasteiger partial charge in [0.15, 0.2) is 5.13 Å². The van der Waals surface area contributed by atoms with E-state index in [9.17, 15) is 9.59 Å². The second-order valence-corrected chi connectivity index (χ2v) is 6.22. The van der Waals surface area contributed by atoms with Gasteiger partial charge in [-0.1, -0.05) is 29.5 Å². The van der Waals surface area contributed by atoms with E-state index in [-0.39, 0.29) is 11.9 Å². The highest BCUT2D eigenvalue weighted by molar-refractivity contribution is 7.17. The third kappa shape index (κ3) is 2.94. The molecule has 1 aliphatic rings. The van der Waals surface area contributed by atoms with Crippen LogP contribution in [0.2, 0.25) is 0 Å². The molecule has 1 N–H and O–H groups in total. The van der Waals surface area contributed by atoms with E-state index in [2.05, 4.69) is 16.4 Å². The normalized spacial score (nSPS) is 13.9. The Labute approximate surface area is 143 Å². The SMILES string of the molecule is CNC(=O)c1cnc(N2CCN(Cc3ccccc3C#N)C2=O)s1. The van der Waals surface area contributed by atoms with Gasteiger partial charge in [-0.05, 0) is 11.6 Å². The Morgan fingerprint density at radius 2 is 2.21 bits per heavy atom. The fourth-order valence-electron chi connectivity index (χ4n) is 2.50. The molecule has 24 heavy (non-hydrogen) atoms. The lowest BCUT2D eigenvalue weighted by atomic mass is 10.1. The molecule has 0 bridgehead atoms. The maximum atomic E-state index is 12.6. The van der Waals surface area contributed by atoms with Gasteiger partial charge in [0.05, 0.1) is 17.8 Å². The number of nitrogens with one attached hydrogen (secondary N) is 1. The lowest BCUT2D eigenvalue weighted by molar-refractivity contribution is 0.0967. The van der Waals surface area contributed by atoms with Gasteiger partial charge in [0, 0.05) is 26.7 Å². The van der Waals surface area contributed by atoms with Crippen LogP contribution in [0.5, 0.6) is 0 Å². The van der Waals surface area contributed by atoms with E-state index in [4.69, 9.17) is 5.26 Å². The predicted octanol–water partition coefficient (Wildman–Crippen LogP) is 1.82. The summed E-state index contributed by atoms with van der Waals surface area (Å²) in [5.74, 6) is -0.217. The molecule has 0 unspecified atom stereocenters. The summed E-state index contributed by atoms with van der Waals surface area (Å²) >= 11 is 1.19. The van der Waals surface area contributed by atoms with E-state index < -0.39 is 0 Å². The first-order valence-corrected chi connectivity index (χ1v) is 8.18. The average molecular weight is 341 g/mol. The number of nitriles is 1. The molecule has 1 fully saturated rings. The molecule has 1 aliphatic heterocycles. The fourth-order valence-corrected chi connectivity index (χ4v) is 3.38. The molecule has 0 radical (unpaired) electrons. The smallest absolute Gasteiger partial charge is 0.326 e. The van der Waals surface area contributed by atoms with Crippen molar-refractivity contribution in [3.63, 3.8) is 0 Å². The second kappa shape index (κ2) is 6.68. The zero-order valence-corrected chi connectivity index (χ0v) is 13.8. The Morgan fingerprint density at radius 1 is 1.42 bits per heavy atom. The number of hydrogen-bond acceptors (Lipinski definition) is 5. The summed E-state index contributed by atoms with van der Waals surface area (Å²) in [5, 5.41) is 12.2.